The molecule has 1 aromatic heterocycles. The second-order valence-electron chi connectivity index (χ2n) is 8.52. The van der Waals surface area contributed by atoms with Gasteiger partial charge in [0, 0.05) is 18.4 Å². The van der Waals surface area contributed by atoms with Crippen LogP contribution in [0.4, 0.5) is 29.1 Å². The Bertz CT molecular complexity index is 1170. The first kappa shape index (κ1) is 24.4. The van der Waals surface area contributed by atoms with Crippen LogP contribution in [0.2, 0.25) is 5.02 Å². The van der Waals surface area contributed by atoms with E-state index in [1.54, 1.807) is 13.8 Å². The third-order valence-corrected chi connectivity index (χ3v) is 5.88. The molecule has 2 aliphatic rings. The van der Waals surface area contributed by atoms with Crippen LogP contribution in [-0.2, 0) is 25.2 Å². The lowest BCUT2D eigenvalue weighted by atomic mass is 10.1. The first-order valence-corrected chi connectivity index (χ1v) is 10.5. The molecule has 0 unspecified atom stereocenters. The van der Waals surface area contributed by atoms with Gasteiger partial charge in [-0.3, -0.25) is 14.5 Å². The monoisotopic (exact) mass is 501 g/mol. The van der Waals surface area contributed by atoms with Crippen LogP contribution in [0.15, 0.2) is 30.3 Å². The van der Waals surface area contributed by atoms with Crippen LogP contribution in [0.5, 0.6) is 0 Å². The molecule has 2 aliphatic heterocycles. The van der Waals surface area contributed by atoms with E-state index in [1.165, 1.54) is 26.1 Å². The summed E-state index contributed by atoms with van der Waals surface area (Å²) in [7, 11) is 1.37. The average molecular weight is 502 g/mol. The van der Waals surface area contributed by atoms with Crippen molar-refractivity contribution in [3.8, 4) is 0 Å². The van der Waals surface area contributed by atoms with Gasteiger partial charge in [-0.1, -0.05) is 11.6 Å². The lowest BCUT2D eigenvalue weighted by Crippen LogP contribution is -2.51. The number of carbonyl (C=O) groups is 2. The van der Waals surface area contributed by atoms with Crippen LogP contribution in [-0.4, -0.2) is 47.9 Å². The van der Waals surface area contributed by atoms with Crippen LogP contribution in [0, 0.1) is 12.7 Å². The summed E-state index contributed by atoms with van der Waals surface area (Å²) in [6.07, 6.45) is -7.05. The van der Waals surface area contributed by atoms with E-state index in [0.29, 0.717) is 6.07 Å². The minimum absolute atomic E-state index is 0.00159. The second kappa shape index (κ2) is 8.17. The minimum atomic E-state index is -4.70. The van der Waals surface area contributed by atoms with Crippen LogP contribution >= 0.6 is 11.6 Å². The highest BCUT2D eigenvalue weighted by Crippen LogP contribution is 2.41. The van der Waals surface area contributed by atoms with Crippen LogP contribution in [0.25, 0.3) is 0 Å². The summed E-state index contributed by atoms with van der Waals surface area (Å²) in [4.78, 5) is 33.0. The summed E-state index contributed by atoms with van der Waals surface area (Å²) in [6, 6.07) is 3.73. The molecule has 4 rings (SSSR count). The Morgan fingerprint density at radius 2 is 1.88 bits per heavy atom. The summed E-state index contributed by atoms with van der Waals surface area (Å²) >= 11 is 5.84. The van der Waals surface area contributed by atoms with Crippen molar-refractivity contribution in [3.05, 3.63) is 52.4 Å². The smallest absolute Gasteiger partial charge is 0.341 e. The van der Waals surface area contributed by atoms with Gasteiger partial charge in [0.05, 0.1) is 10.6 Å². The van der Waals surface area contributed by atoms with Crippen LogP contribution < -0.4 is 9.80 Å². The van der Waals surface area contributed by atoms with E-state index in [0.717, 1.165) is 21.9 Å². The predicted molar refractivity (Wildman–Crippen MR) is 114 cm³/mol. The molecule has 1 aromatic carbocycles. The molecule has 0 aliphatic carbocycles. The number of hydrogen-bond acceptors (Lipinski definition) is 5. The van der Waals surface area contributed by atoms with Gasteiger partial charge in [-0.05, 0) is 51.1 Å². The molecule has 12 heteroatoms. The maximum atomic E-state index is 13.6. The van der Waals surface area contributed by atoms with Crippen LogP contribution in [0.3, 0.4) is 0 Å². The highest BCUT2D eigenvalue weighted by Gasteiger charge is 2.61. The molecule has 34 heavy (non-hydrogen) atoms. The van der Waals surface area contributed by atoms with Gasteiger partial charge in [0.2, 0.25) is 0 Å². The third kappa shape index (κ3) is 4.23. The molecule has 0 bridgehead atoms. The molecule has 0 spiro atoms. The number of pyridine rings is 1. The number of ether oxygens (including phenoxy) is 2. The Labute approximate surface area is 197 Å². The Hall–Kier alpha value is -2.76. The lowest BCUT2D eigenvalue weighted by Gasteiger charge is -2.31. The Morgan fingerprint density at radius 1 is 1.21 bits per heavy atom. The lowest BCUT2D eigenvalue weighted by molar-refractivity contribution is -0.161. The second-order valence-corrected chi connectivity index (χ2v) is 8.93. The van der Waals surface area contributed by atoms with Gasteiger partial charge < -0.3 is 14.4 Å². The molecular weight excluding hydrogens is 482 g/mol. The van der Waals surface area contributed by atoms with Gasteiger partial charge >= 0.3 is 6.18 Å². The molecule has 2 saturated heterocycles. The summed E-state index contributed by atoms with van der Waals surface area (Å²) < 4.78 is 65.4. The van der Waals surface area contributed by atoms with Gasteiger partial charge in [-0.2, -0.15) is 13.2 Å². The third-order valence-electron chi connectivity index (χ3n) is 5.59. The number of anilines is 2. The number of alkyl halides is 3. The SMILES string of the molecule is Cc1cc(C(F)(F)F)cc(N2C(=O)[C@H]3OC(C)(C)O[C@H]3[C@H]2C(=O)N(C)c2ccc(F)c(Cl)c2)n1. The number of carbonyl (C=O) groups excluding carboxylic acids is 2. The standard InChI is InChI=1S/C22H20ClF4N3O4/c1-10-7-11(22(25,26)27)8-15(28-10)30-16(17-18(20(30)32)34-21(2,3)33-17)19(31)29(4)12-5-6-14(24)13(23)9-12/h5-9,16-18H,1-4H3/t16-,17-,18-/m0/s1. The zero-order chi connectivity index (χ0) is 25.2. The molecule has 2 fully saturated rings. The Balaban J connectivity index is 1.80. The number of aryl methyl sites for hydroxylation is 1. The number of likely N-dealkylation sites (N-methyl/N-ethyl adjacent to an activating group) is 1. The topological polar surface area (TPSA) is 72.0 Å². The molecular formula is C22H20ClF4N3O4. The van der Waals surface area contributed by atoms with Crippen molar-refractivity contribution in [2.24, 2.45) is 0 Å². The molecule has 0 saturated carbocycles. The number of benzene rings is 1. The van der Waals surface area contributed by atoms with Crippen LogP contribution in [0.1, 0.15) is 25.1 Å². The van der Waals surface area contributed by atoms with Crippen molar-refractivity contribution in [2.45, 2.75) is 51.0 Å². The fourth-order valence-electron chi connectivity index (χ4n) is 4.10. The Kier molecular flexibility index (Phi) is 5.86. The predicted octanol–water partition coefficient (Wildman–Crippen LogP) is 4.10. The van der Waals surface area contributed by atoms with Crippen molar-refractivity contribution >= 4 is 34.9 Å². The van der Waals surface area contributed by atoms with Gasteiger partial charge in [-0.25, -0.2) is 9.37 Å². The van der Waals surface area contributed by atoms with Gasteiger partial charge in [0.25, 0.3) is 11.8 Å². The summed E-state index contributed by atoms with van der Waals surface area (Å²) in [5.41, 5.74) is -0.813. The average Bonchev–Trinajstić information content (AvgIpc) is 3.18. The molecule has 0 radical (unpaired) electrons. The van der Waals surface area contributed by atoms with Crippen molar-refractivity contribution < 1.29 is 36.6 Å². The van der Waals surface area contributed by atoms with Gasteiger partial charge in [-0.15, -0.1) is 0 Å². The fraction of sp³-hybridized carbons (Fsp3) is 0.409. The van der Waals surface area contributed by atoms with E-state index >= 15 is 0 Å². The quantitative estimate of drug-likeness (QED) is 0.592. The number of hydrogen-bond donors (Lipinski definition) is 0. The van der Waals surface area contributed by atoms with E-state index in [1.807, 2.05) is 0 Å². The van der Waals surface area contributed by atoms with E-state index in [2.05, 4.69) is 4.98 Å². The van der Waals surface area contributed by atoms with Crippen molar-refractivity contribution in [3.63, 3.8) is 0 Å². The first-order valence-electron chi connectivity index (χ1n) is 10.2. The van der Waals surface area contributed by atoms with E-state index < -0.39 is 53.4 Å². The maximum Gasteiger partial charge on any atom is 0.416 e. The number of aromatic nitrogens is 1. The van der Waals surface area contributed by atoms with Gasteiger partial charge in [0.1, 0.15) is 23.8 Å². The van der Waals surface area contributed by atoms with Crippen molar-refractivity contribution in [1.82, 2.24) is 4.98 Å². The number of nitrogens with zero attached hydrogens (tertiary/aromatic N) is 3. The maximum absolute atomic E-state index is 13.6. The highest BCUT2D eigenvalue weighted by molar-refractivity contribution is 6.31. The number of fused-ring (bicyclic) bond motifs is 1. The van der Waals surface area contributed by atoms with E-state index in [9.17, 15) is 27.2 Å². The number of halogens is 5. The molecule has 182 valence electrons. The van der Waals surface area contributed by atoms with Gasteiger partial charge in [0.15, 0.2) is 11.9 Å². The normalized spacial score (nSPS) is 23.9. The van der Waals surface area contributed by atoms with E-state index in [-0.39, 0.29) is 22.2 Å². The fourth-order valence-corrected chi connectivity index (χ4v) is 4.27. The van der Waals surface area contributed by atoms with Crippen molar-refractivity contribution in [2.75, 3.05) is 16.8 Å². The Morgan fingerprint density at radius 3 is 2.50 bits per heavy atom. The summed E-state index contributed by atoms with van der Waals surface area (Å²) in [5, 5.41) is -0.230. The molecule has 2 aromatic rings. The molecule has 3 heterocycles. The van der Waals surface area contributed by atoms with E-state index in [4.69, 9.17) is 21.1 Å². The molecule has 7 nitrogen and oxygen atoms in total. The zero-order valence-corrected chi connectivity index (χ0v) is 19.2. The molecule has 0 N–H and O–H groups in total. The highest BCUT2D eigenvalue weighted by atomic mass is 35.5. The number of rotatable bonds is 3. The van der Waals surface area contributed by atoms with Crippen molar-refractivity contribution in [1.29, 1.82) is 0 Å². The number of amides is 2. The largest absolute Gasteiger partial charge is 0.416 e. The zero-order valence-electron chi connectivity index (χ0n) is 18.5. The molecule has 3 atom stereocenters. The first-order chi connectivity index (χ1) is 15.7. The summed E-state index contributed by atoms with van der Waals surface area (Å²) in [5.74, 6) is -3.72. The molecule has 2 amide bonds. The minimum Gasteiger partial charge on any atom is -0.341 e. The summed E-state index contributed by atoms with van der Waals surface area (Å²) in [6.45, 7) is 4.46.